The molecule has 0 bridgehead atoms. The molecule has 2 aromatic carbocycles. The van der Waals surface area contributed by atoms with Crippen LogP contribution in [0.1, 0.15) is 29.7 Å². The molecule has 0 unspecified atom stereocenters. The minimum absolute atomic E-state index is 0.0598. The molecule has 0 aliphatic carbocycles. The SMILES string of the molecule is C[C@H](Nc1nccc(-c2c(-c3cccc(C(F)(F)F)c3)nc3ccc(CN)cn23)n1)c1ccccc1. The van der Waals surface area contributed by atoms with Crippen LogP contribution in [0.25, 0.3) is 28.3 Å². The van der Waals surface area contributed by atoms with Crippen molar-refractivity contribution in [3.63, 3.8) is 0 Å². The Morgan fingerprint density at radius 1 is 0.972 bits per heavy atom. The zero-order chi connectivity index (χ0) is 25.3. The maximum atomic E-state index is 13.5. The summed E-state index contributed by atoms with van der Waals surface area (Å²) < 4.78 is 42.2. The van der Waals surface area contributed by atoms with Gasteiger partial charge in [0, 0.05) is 24.5 Å². The molecule has 0 aliphatic heterocycles. The molecular weight excluding hydrogens is 465 g/mol. The van der Waals surface area contributed by atoms with Crippen LogP contribution in [-0.2, 0) is 12.7 Å². The summed E-state index contributed by atoms with van der Waals surface area (Å²) in [7, 11) is 0. The first-order valence-corrected chi connectivity index (χ1v) is 11.4. The van der Waals surface area contributed by atoms with Gasteiger partial charge in [0.2, 0.25) is 5.95 Å². The average molecular weight is 489 g/mol. The third kappa shape index (κ3) is 4.65. The van der Waals surface area contributed by atoms with Crippen LogP contribution in [0.5, 0.6) is 0 Å². The highest BCUT2D eigenvalue weighted by Gasteiger charge is 2.31. The van der Waals surface area contributed by atoms with E-state index in [0.717, 1.165) is 23.3 Å². The zero-order valence-corrected chi connectivity index (χ0v) is 19.4. The maximum absolute atomic E-state index is 13.5. The molecule has 36 heavy (non-hydrogen) atoms. The number of fused-ring (bicyclic) bond motifs is 1. The van der Waals surface area contributed by atoms with E-state index in [-0.39, 0.29) is 6.04 Å². The first kappa shape index (κ1) is 23.5. The average Bonchev–Trinajstić information content (AvgIpc) is 3.27. The Labute approximate surface area is 205 Å². The normalized spacial score (nSPS) is 12.6. The van der Waals surface area contributed by atoms with Crippen LogP contribution in [0.15, 0.2) is 85.2 Å². The number of anilines is 1. The number of pyridine rings is 1. The van der Waals surface area contributed by atoms with Gasteiger partial charge >= 0.3 is 6.18 Å². The number of imidazole rings is 1. The molecule has 9 heteroatoms. The van der Waals surface area contributed by atoms with E-state index in [1.807, 2.05) is 53.9 Å². The highest BCUT2D eigenvalue weighted by atomic mass is 19.4. The summed E-state index contributed by atoms with van der Waals surface area (Å²) in [5.74, 6) is 0.392. The lowest BCUT2D eigenvalue weighted by Crippen LogP contribution is -2.09. The number of halogens is 3. The van der Waals surface area contributed by atoms with Crippen LogP contribution in [-0.4, -0.2) is 19.4 Å². The number of nitrogens with one attached hydrogen (secondary N) is 1. The second kappa shape index (κ2) is 9.43. The van der Waals surface area contributed by atoms with E-state index < -0.39 is 11.7 Å². The van der Waals surface area contributed by atoms with Crippen LogP contribution in [0.4, 0.5) is 19.1 Å². The summed E-state index contributed by atoms with van der Waals surface area (Å²) in [4.78, 5) is 13.7. The predicted molar refractivity (Wildman–Crippen MR) is 133 cm³/mol. The summed E-state index contributed by atoms with van der Waals surface area (Å²) in [6, 6.07) is 20.3. The van der Waals surface area contributed by atoms with E-state index in [0.29, 0.717) is 40.8 Å². The zero-order valence-electron chi connectivity index (χ0n) is 19.4. The van der Waals surface area contributed by atoms with Crippen LogP contribution in [0, 0.1) is 0 Å². The second-order valence-corrected chi connectivity index (χ2v) is 8.40. The van der Waals surface area contributed by atoms with Gasteiger partial charge in [0.25, 0.3) is 0 Å². The Morgan fingerprint density at radius 3 is 2.53 bits per heavy atom. The van der Waals surface area contributed by atoms with Crippen molar-refractivity contribution >= 4 is 11.6 Å². The summed E-state index contributed by atoms with van der Waals surface area (Å²) in [5.41, 5.74) is 9.39. The number of aromatic nitrogens is 4. The van der Waals surface area contributed by atoms with Gasteiger partial charge in [0.15, 0.2) is 0 Å². The highest BCUT2D eigenvalue weighted by Crippen LogP contribution is 2.36. The maximum Gasteiger partial charge on any atom is 0.416 e. The quantitative estimate of drug-likeness (QED) is 0.301. The largest absolute Gasteiger partial charge is 0.416 e. The Kier molecular flexibility index (Phi) is 6.15. The Bertz CT molecular complexity index is 1510. The molecular formula is C27H23F3N6. The molecule has 6 nitrogen and oxygen atoms in total. The van der Waals surface area contributed by atoms with Gasteiger partial charge in [0.05, 0.1) is 28.7 Å². The standard InChI is InChI=1S/C27H23F3N6/c1-17(19-6-3-2-4-7-19)33-26-32-13-12-22(34-26)25-24(20-8-5-9-21(14-20)27(28,29)30)35-23-11-10-18(15-31)16-36(23)25/h2-14,16-17H,15,31H2,1H3,(H,32,33,34)/t17-/m0/s1. The third-order valence-electron chi connectivity index (χ3n) is 5.92. The fourth-order valence-corrected chi connectivity index (χ4v) is 4.08. The van der Waals surface area contributed by atoms with Gasteiger partial charge in [-0.1, -0.05) is 48.5 Å². The molecule has 3 aromatic heterocycles. The number of hydrogen-bond donors (Lipinski definition) is 2. The van der Waals surface area contributed by atoms with E-state index in [2.05, 4.69) is 15.3 Å². The van der Waals surface area contributed by atoms with Gasteiger partial charge in [-0.25, -0.2) is 15.0 Å². The van der Waals surface area contributed by atoms with E-state index in [4.69, 9.17) is 10.7 Å². The Morgan fingerprint density at radius 2 is 1.78 bits per heavy atom. The van der Waals surface area contributed by atoms with Crippen molar-refractivity contribution in [3.05, 3.63) is 102 Å². The summed E-state index contributed by atoms with van der Waals surface area (Å²) in [6.07, 6.45) is -1.03. The summed E-state index contributed by atoms with van der Waals surface area (Å²) >= 11 is 0. The van der Waals surface area contributed by atoms with Gasteiger partial charge in [-0.05, 0) is 42.3 Å². The lowest BCUT2D eigenvalue weighted by molar-refractivity contribution is -0.137. The monoisotopic (exact) mass is 488 g/mol. The number of nitrogens with zero attached hydrogens (tertiary/aromatic N) is 4. The number of alkyl halides is 3. The topological polar surface area (TPSA) is 81.1 Å². The van der Waals surface area contributed by atoms with Crippen LogP contribution in [0.3, 0.4) is 0 Å². The van der Waals surface area contributed by atoms with Gasteiger partial charge in [-0.15, -0.1) is 0 Å². The fraction of sp³-hybridized carbons (Fsp3) is 0.148. The lowest BCUT2D eigenvalue weighted by atomic mass is 10.0. The van der Waals surface area contributed by atoms with E-state index in [1.54, 1.807) is 24.4 Å². The second-order valence-electron chi connectivity index (χ2n) is 8.40. The minimum atomic E-state index is -4.47. The van der Waals surface area contributed by atoms with Crippen molar-refractivity contribution in [3.8, 4) is 22.6 Å². The van der Waals surface area contributed by atoms with E-state index in [9.17, 15) is 13.2 Å². The number of benzene rings is 2. The molecule has 3 N–H and O–H groups in total. The molecule has 0 spiro atoms. The smallest absolute Gasteiger partial charge is 0.348 e. The number of rotatable bonds is 6. The molecule has 0 fully saturated rings. The molecule has 0 amide bonds. The van der Waals surface area contributed by atoms with E-state index >= 15 is 0 Å². The van der Waals surface area contributed by atoms with Crippen molar-refractivity contribution < 1.29 is 13.2 Å². The minimum Gasteiger partial charge on any atom is -0.348 e. The third-order valence-corrected chi connectivity index (χ3v) is 5.92. The van der Waals surface area contributed by atoms with Crippen molar-refractivity contribution in [1.82, 2.24) is 19.4 Å². The molecule has 5 rings (SSSR count). The van der Waals surface area contributed by atoms with Gasteiger partial charge < -0.3 is 11.1 Å². The van der Waals surface area contributed by atoms with Crippen LogP contribution in [0.2, 0.25) is 0 Å². The van der Waals surface area contributed by atoms with Crippen LogP contribution < -0.4 is 11.1 Å². The van der Waals surface area contributed by atoms with Crippen molar-refractivity contribution in [1.29, 1.82) is 0 Å². The van der Waals surface area contributed by atoms with Crippen molar-refractivity contribution in [2.45, 2.75) is 25.7 Å². The Balaban J connectivity index is 1.64. The molecule has 1 atom stereocenters. The molecule has 0 saturated carbocycles. The van der Waals surface area contributed by atoms with Gasteiger partial charge in [-0.2, -0.15) is 13.2 Å². The predicted octanol–water partition coefficient (Wildman–Crippen LogP) is 6.11. The summed E-state index contributed by atoms with van der Waals surface area (Å²) in [6.45, 7) is 2.30. The molecule has 5 aromatic rings. The van der Waals surface area contributed by atoms with Crippen LogP contribution >= 0.6 is 0 Å². The molecule has 182 valence electrons. The van der Waals surface area contributed by atoms with Gasteiger partial charge in [0.1, 0.15) is 5.65 Å². The number of nitrogens with two attached hydrogens (primary N) is 1. The van der Waals surface area contributed by atoms with Crippen molar-refractivity contribution in [2.75, 3.05) is 5.32 Å². The molecule has 0 saturated heterocycles. The molecule has 3 heterocycles. The Hall–Kier alpha value is -4.24. The first-order valence-electron chi connectivity index (χ1n) is 11.4. The first-order chi connectivity index (χ1) is 17.3. The van der Waals surface area contributed by atoms with E-state index in [1.165, 1.54) is 6.07 Å². The highest BCUT2D eigenvalue weighted by molar-refractivity contribution is 5.81. The summed E-state index contributed by atoms with van der Waals surface area (Å²) in [5, 5.41) is 3.30. The fourth-order valence-electron chi connectivity index (χ4n) is 4.08. The number of hydrogen-bond acceptors (Lipinski definition) is 5. The van der Waals surface area contributed by atoms with Gasteiger partial charge in [-0.3, -0.25) is 4.40 Å². The molecule has 0 radical (unpaired) electrons. The lowest BCUT2D eigenvalue weighted by Gasteiger charge is -2.15. The van der Waals surface area contributed by atoms with Crippen molar-refractivity contribution in [2.24, 2.45) is 5.73 Å². The molecule has 0 aliphatic rings.